The van der Waals surface area contributed by atoms with Crippen molar-refractivity contribution in [1.82, 2.24) is 0 Å². The predicted octanol–water partition coefficient (Wildman–Crippen LogP) is 2.30. The van der Waals surface area contributed by atoms with Crippen molar-refractivity contribution < 1.29 is 9.90 Å². The first kappa shape index (κ1) is 9.52. The van der Waals surface area contributed by atoms with Crippen LogP contribution in [0.15, 0.2) is 0 Å². The molecule has 3 N–H and O–H groups in total. The van der Waals surface area contributed by atoms with Crippen LogP contribution in [0.1, 0.15) is 40.1 Å². The van der Waals surface area contributed by atoms with E-state index in [9.17, 15) is 4.79 Å². The van der Waals surface area contributed by atoms with Crippen LogP contribution in [0, 0.1) is 0 Å². The van der Waals surface area contributed by atoms with Gasteiger partial charge in [-0.05, 0) is 31.2 Å². The van der Waals surface area contributed by atoms with Gasteiger partial charge in [0.05, 0.1) is 5.56 Å². The van der Waals surface area contributed by atoms with Crippen LogP contribution in [0.2, 0.25) is 0 Å². The first-order valence-electron chi connectivity index (χ1n) is 4.83. The van der Waals surface area contributed by atoms with Crippen LogP contribution in [0.5, 0.6) is 0 Å². The lowest BCUT2D eigenvalue weighted by atomic mass is 10.1. The van der Waals surface area contributed by atoms with Crippen molar-refractivity contribution in [2.24, 2.45) is 0 Å². The Morgan fingerprint density at radius 3 is 2.71 bits per heavy atom. The van der Waals surface area contributed by atoms with Gasteiger partial charge in [-0.15, -0.1) is 11.3 Å². The van der Waals surface area contributed by atoms with Crippen molar-refractivity contribution in [2.45, 2.75) is 32.1 Å². The van der Waals surface area contributed by atoms with Crippen LogP contribution in [0.25, 0.3) is 0 Å². The Hall–Kier alpha value is -1.03. The van der Waals surface area contributed by atoms with Crippen LogP contribution in [-0.4, -0.2) is 11.1 Å². The van der Waals surface area contributed by atoms with Gasteiger partial charge < -0.3 is 10.8 Å². The molecule has 0 atom stereocenters. The van der Waals surface area contributed by atoms with Crippen LogP contribution in [0.3, 0.4) is 0 Å². The summed E-state index contributed by atoms with van der Waals surface area (Å²) in [6.07, 6.45) is 5.32. The number of anilines is 1. The molecular formula is C10H13NO2S. The predicted molar refractivity (Wildman–Crippen MR) is 56.9 cm³/mol. The fraction of sp³-hybridized carbons (Fsp3) is 0.500. The summed E-state index contributed by atoms with van der Waals surface area (Å²) in [5, 5.41) is 9.51. The van der Waals surface area contributed by atoms with E-state index in [1.807, 2.05) is 0 Å². The fourth-order valence-electron chi connectivity index (χ4n) is 2.00. The number of hydrogen-bond acceptors (Lipinski definition) is 3. The van der Waals surface area contributed by atoms with Gasteiger partial charge in [0.25, 0.3) is 0 Å². The second-order valence-electron chi connectivity index (χ2n) is 3.61. The molecule has 0 bridgehead atoms. The largest absolute Gasteiger partial charge is 0.478 e. The van der Waals surface area contributed by atoms with E-state index in [1.165, 1.54) is 22.6 Å². The van der Waals surface area contributed by atoms with Gasteiger partial charge in [0.2, 0.25) is 0 Å². The van der Waals surface area contributed by atoms with E-state index in [4.69, 9.17) is 10.8 Å². The number of fused-ring (bicyclic) bond motifs is 1. The van der Waals surface area contributed by atoms with Gasteiger partial charge in [-0.3, -0.25) is 0 Å². The minimum Gasteiger partial charge on any atom is -0.478 e. The SMILES string of the molecule is Nc1sc2c(c1C(=O)O)CCCCC2. The van der Waals surface area contributed by atoms with Crippen molar-refractivity contribution in [2.75, 3.05) is 5.73 Å². The Labute approximate surface area is 86.6 Å². The van der Waals surface area contributed by atoms with Gasteiger partial charge in [0.1, 0.15) is 5.00 Å². The highest BCUT2D eigenvalue weighted by atomic mass is 32.1. The zero-order chi connectivity index (χ0) is 10.1. The highest BCUT2D eigenvalue weighted by Crippen LogP contribution is 2.35. The van der Waals surface area contributed by atoms with Gasteiger partial charge in [0, 0.05) is 4.88 Å². The lowest BCUT2D eigenvalue weighted by Gasteiger charge is -1.99. The van der Waals surface area contributed by atoms with Gasteiger partial charge in [-0.2, -0.15) is 0 Å². The molecule has 4 heteroatoms. The molecule has 0 aliphatic heterocycles. The van der Waals surface area contributed by atoms with Crippen molar-refractivity contribution in [3.8, 4) is 0 Å². The second kappa shape index (κ2) is 3.61. The van der Waals surface area contributed by atoms with E-state index in [0.717, 1.165) is 31.2 Å². The van der Waals surface area contributed by atoms with E-state index in [2.05, 4.69) is 0 Å². The van der Waals surface area contributed by atoms with E-state index in [1.54, 1.807) is 0 Å². The molecule has 0 spiro atoms. The average molecular weight is 211 g/mol. The van der Waals surface area contributed by atoms with Crippen LogP contribution in [0.4, 0.5) is 5.00 Å². The minimum absolute atomic E-state index is 0.368. The molecule has 76 valence electrons. The quantitative estimate of drug-likeness (QED) is 0.700. The van der Waals surface area contributed by atoms with E-state index in [-0.39, 0.29) is 0 Å². The van der Waals surface area contributed by atoms with Crippen LogP contribution >= 0.6 is 11.3 Å². The number of aryl methyl sites for hydroxylation is 1. The standard InChI is InChI=1S/C10H13NO2S/c11-9-8(10(12)13)6-4-2-1-3-5-7(6)14-9/h1-5,11H2,(H,12,13). The third-order valence-electron chi connectivity index (χ3n) is 2.66. The number of carbonyl (C=O) groups is 1. The first-order chi connectivity index (χ1) is 6.70. The molecule has 1 heterocycles. The summed E-state index contributed by atoms with van der Waals surface area (Å²) in [5.41, 5.74) is 7.08. The Bertz CT molecular complexity index is 370. The Kier molecular flexibility index (Phi) is 2.46. The summed E-state index contributed by atoms with van der Waals surface area (Å²) in [6.45, 7) is 0. The summed E-state index contributed by atoms with van der Waals surface area (Å²) >= 11 is 1.46. The molecule has 1 aliphatic carbocycles. The fourth-order valence-corrected chi connectivity index (χ4v) is 3.15. The highest BCUT2D eigenvalue weighted by Gasteiger charge is 2.22. The zero-order valence-electron chi connectivity index (χ0n) is 7.88. The van der Waals surface area contributed by atoms with E-state index >= 15 is 0 Å². The molecule has 1 aromatic heterocycles. The molecule has 2 rings (SSSR count). The summed E-state index contributed by atoms with van der Waals surface area (Å²) in [5.74, 6) is -0.873. The maximum Gasteiger partial charge on any atom is 0.338 e. The number of carboxylic acids is 1. The number of hydrogen-bond donors (Lipinski definition) is 2. The number of nitrogens with two attached hydrogens (primary N) is 1. The highest BCUT2D eigenvalue weighted by molar-refractivity contribution is 7.16. The topological polar surface area (TPSA) is 63.3 Å². The van der Waals surface area contributed by atoms with Gasteiger partial charge in [-0.25, -0.2) is 4.79 Å². The molecule has 1 aliphatic rings. The second-order valence-corrected chi connectivity index (χ2v) is 4.75. The molecule has 0 fully saturated rings. The molecule has 0 saturated heterocycles. The maximum atomic E-state index is 11.0. The zero-order valence-corrected chi connectivity index (χ0v) is 8.69. The molecule has 0 aromatic carbocycles. The van der Waals surface area contributed by atoms with Crippen molar-refractivity contribution in [1.29, 1.82) is 0 Å². The Morgan fingerprint density at radius 2 is 2.00 bits per heavy atom. The normalized spacial score (nSPS) is 16.0. The summed E-state index contributed by atoms with van der Waals surface area (Å²) in [6, 6.07) is 0. The molecule has 1 aromatic rings. The number of carboxylic acid groups (broad SMARTS) is 1. The third-order valence-corrected chi connectivity index (χ3v) is 3.78. The summed E-state index contributed by atoms with van der Waals surface area (Å²) in [7, 11) is 0. The average Bonchev–Trinajstić information content (AvgIpc) is 2.31. The number of aromatic carboxylic acids is 1. The monoisotopic (exact) mass is 211 g/mol. The molecule has 0 amide bonds. The number of thiophene rings is 1. The Balaban J connectivity index is 2.49. The minimum atomic E-state index is -0.873. The van der Waals surface area contributed by atoms with E-state index < -0.39 is 5.97 Å². The molecule has 0 radical (unpaired) electrons. The molecule has 0 saturated carbocycles. The van der Waals surface area contributed by atoms with Crippen LogP contribution in [-0.2, 0) is 12.8 Å². The Morgan fingerprint density at radius 1 is 1.29 bits per heavy atom. The molecule has 0 unspecified atom stereocenters. The van der Waals surface area contributed by atoms with Crippen molar-refractivity contribution in [3.05, 3.63) is 16.0 Å². The number of rotatable bonds is 1. The lowest BCUT2D eigenvalue weighted by Crippen LogP contribution is -2.03. The van der Waals surface area contributed by atoms with E-state index in [0.29, 0.717) is 10.6 Å². The lowest BCUT2D eigenvalue weighted by molar-refractivity contribution is 0.0697. The molecule has 14 heavy (non-hydrogen) atoms. The summed E-state index contributed by atoms with van der Waals surface area (Å²) < 4.78 is 0. The molecule has 3 nitrogen and oxygen atoms in total. The smallest absolute Gasteiger partial charge is 0.338 e. The van der Waals surface area contributed by atoms with Gasteiger partial charge in [0.15, 0.2) is 0 Å². The van der Waals surface area contributed by atoms with Gasteiger partial charge >= 0.3 is 5.97 Å². The van der Waals surface area contributed by atoms with Gasteiger partial charge in [-0.1, -0.05) is 6.42 Å². The molecular weight excluding hydrogens is 198 g/mol. The van der Waals surface area contributed by atoms with Crippen molar-refractivity contribution >= 4 is 22.3 Å². The van der Waals surface area contributed by atoms with Crippen LogP contribution < -0.4 is 5.73 Å². The third kappa shape index (κ3) is 1.50. The summed E-state index contributed by atoms with van der Waals surface area (Å²) in [4.78, 5) is 12.2. The number of nitrogen functional groups attached to an aromatic ring is 1. The first-order valence-corrected chi connectivity index (χ1v) is 5.65. The van der Waals surface area contributed by atoms with Crippen molar-refractivity contribution in [3.63, 3.8) is 0 Å². The maximum absolute atomic E-state index is 11.0.